The Hall–Kier alpha value is 0.230. The van der Waals surface area contributed by atoms with Gasteiger partial charge in [0.25, 0.3) is 0 Å². The lowest BCUT2D eigenvalue weighted by atomic mass is 10.5. The van der Waals surface area contributed by atoms with E-state index in [1.54, 1.807) is 0 Å². The number of rotatable bonds is 6. The lowest BCUT2D eigenvalue weighted by molar-refractivity contribution is -0.870. The number of aliphatic hydroxyl groups excluding tert-OH is 1. The van der Waals surface area contributed by atoms with Gasteiger partial charge in [0.15, 0.2) is 0 Å². The maximum atomic E-state index is 9.76. The van der Waals surface area contributed by atoms with Crippen molar-refractivity contribution in [1.82, 2.24) is 0 Å². The zero-order valence-electron chi connectivity index (χ0n) is 11.8. The molecule has 0 fully saturated rings. The minimum absolute atomic E-state index is 0. The molecular weight excluding hydrogens is 263 g/mol. The summed E-state index contributed by atoms with van der Waals surface area (Å²) < 4.78 is 16.1. The zero-order valence-corrected chi connectivity index (χ0v) is 13.6. The Morgan fingerprint density at radius 2 is 1.41 bits per heavy atom. The van der Waals surface area contributed by atoms with Gasteiger partial charge in [-0.3, -0.25) is 4.52 Å². The van der Waals surface area contributed by atoms with Crippen LogP contribution in [0.1, 0.15) is 0 Å². The maximum absolute atomic E-state index is 9.76. The van der Waals surface area contributed by atoms with Crippen LogP contribution in [-0.2, 0) is 9.09 Å². The van der Waals surface area contributed by atoms with Crippen molar-refractivity contribution in [2.75, 3.05) is 68.6 Å². The molecule has 0 rings (SSSR count). The Kier molecular flexibility index (Phi) is 14.9. The Labute approximate surface area is 113 Å². The fourth-order valence-electron chi connectivity index (χ4n) is 0.652. The monoisotopic (exact) mass is 290 g/mol. The van der Waals surface area contributed by atoms with Gasteiger partial charge in [0, 0.05) is 0 Å². The van der Waals surface area contributed by atoms with Gasteiger partial charge in [-0.1, -0.05) is 0 Å². The molecule has 0 aliphatic rings. The Morgan fingerprint density at radius 3 is 1.59 bits per heavy atom. The van der Waals surface area contributed by atoms with Crippen molar-refractivity contribution in [3.05, 3.63) is 0 Å². The van der Waals surface area contributed by atoms with Crippen LogP contribution in [0.25, 0.3) is 0 Å². The largest absolute Gasteiger partial charge is 0.391 e. The van der Waals surface area contributed by atoms with E-state index in [1.807, 2.05) is 0 Å². The number of hydrogen-bond donors (Lipinski definition) is 1. The third-order valence-corrected chi connectivity index (χ3v) is 1.96. The van der Waals surface area contributed by atoms with Gasteiger partial charge in [0.1, 0.15) is 19.7 Å². The number of quaternary nitrogens is 2. The highest BCUT2D eigenvalue weighted by atomic mass is 35.5. The van der Waals surface area contributed by atoms with Crippen LogP contribution in [0.2, 0.25) is 0 Å². The van der Waals surface area contributed by atoms with Crippen LogP contribution in [0.3, 0.4) is 0 Å². The van der Waals surface area contributed by atoms with E-state index >= 15 is 0 Å². The van der Waals surface area contributed by atoms with Crippen molar-refractivity contribution in [2.24, 2.45) is 0 Å². The van der Waals surface area contributed by atoms with E-state index in [0.29, 0.717) is 6.61 Å². The third kappa shape index (κ3) is 31.4. The van der Waals surface area contributed by atoms with E-state index in [4.69, 9.17) is 5.11 Å². The first-order valence-electron chi connectivity index (χ1n) is 5.29. The van der Waals surface area contributed by atoms with E-state index in [1.165, 1.54) is 0 Å². The molecule has 0 aromatic heterocycles. The second-order valence-electron chi connectivity index (χ2n) is 5.66. The minimum Gasteiger partial charge on any atom is -0.391 e. The summed E-state index contributed by atoms with van der Waals surface area (Å²) in [7, 11) is 12.1. The Balaban J connectivity index is -0.000000224. The molecule has 0 unspecified atom stereocenters. The highest BCUT2D eigenvalue weighted by Crippen LogP contribution is 1.96. The van der Waals surface area contributed by atoms with Crippen molar-refractivity contribution in [3.8, 4) is 0 Å². The molecule has 106 valence electrons. The average Bonchev–Trinajstić information content (AvgIpc) is 2.01. The van der Waals surface area contributed by atoms with Crippen molar-refractivity contribution < 1.29 is 23.2 Å². The van der Waals surface area contributed by atoms with Gasteiger partial charge in [0.2, 0.25) is 0 Å². The maximum Gasteiger partial charge on any atom is 0.327 e. The van der Waals surface area contributed by atoms with E-state index in [2.05, 4.69) is 46.8 Å². The highest BCUT2D eigenvalue weighted by Gasteiger charge is 2.04. The first kappa shape index (κ1) is 22.4. The topological polar surface area (TPSA) is 46.5 Å². The van der Waals surface area contributed by atoms with E-state index < -0.39 is 0 Å². The summed E-state index contributed by atoms with van der Waals surface area (Å²) in [6.45, 7) is 2.55. The molecule has 0 bridgehead atoms. The van der Waals surface area contributed by atoms with Crippen molar-refractivity contribution in [1.29, 1.82) is 0 Å². The summed E-state index contributed by atoms with van der Waals surface area (Å²) in [6.07, 6.45) is 0. The molecule has 0 spiro atoms. The van der Waals surface area contributed by atoms with Crippen molar-refractivity contribution in [3.63, 3.8) is 0 Å². The fourth-order valence-corrected chi connectivity index (χ4v) is 0.808. The molecule has 5 nitrogen and oxygen atoms in total. The lowest BCUT2D eigenvalue weighted by Gasteiger charge is -2.22. The molecule has 0 amide bonds. The molecule has 0 aromatic rings. The molecule has 0 radical (unpaired) electrons. The van der Waals surface area contributed by atoms with Gasteiger partial charge in [-0.15, -0.1) is 12.4 Å². The third-order valence-electron chi connectivity index (χ3n) is 1.68. The summed E-state index contributed by atoms with van der Waals surface area (Å²) >= 11 is 0. The van der Waals surface area contributed by atoms with E-state index in [9.17, 15) is 4.57 Å². The summed E-state index contributed by atoms with van der Waals surface area (Å²) in [4.78, 5) is 0. The molecule has 1 N–H and O–H groups in total. The summed E-state index contributed by atoms with van der Waals surface area (Å²) in [5, 5.41) is 8.39. The number of halogens is 1. The number of likely N-dealkylation sites (N-methyl/N-ethyl adjacent to an activating group) is 2. The number of aliphatic hydroxyl groups is 1. The van der Waals surface area contributed by atoms with Gasteiger partial charge in [-0.05, 0) is 0 Å². The lowest BCUT2D eigenvalue weighted by Crippen LogP contribution is -2.37. The molecule has 7 heteroatoms. The second kappa shape index (κ2) is 11.3. The summed E-state index contributed by atoms with van der Waals surface area (Å²) in [6, 6.07) is 0. The van der Waals surface area contributed by atoms with Gasteiger partial charge < -0.3 is 14.1 Å². The molecule has 17 heavy (non-hydrogen) atoms. The van der Waals surface area contributed by atoms with E-state index in [0.717, 1.165) is 22.1 Å². The van der Waals surface area contributed by atoms with Crippen molar-refractivity contribution >= 4 is 21.1 Å². The Bertz CT molecular complexity index is 181. The summed E-state index contributed by atoms with van der Waals surface area (Å²) in [5.74, 6) is 0. The predicted octanol–water partition coefficient (Wildman–Crippen LogP) is 1.02. The minimum atomic E-state index is -0.217. The smallest absolute Gasteiger partial charge is 0.327 e. The van der Waals surface area contributed by atoms with Crippen LogP contribution in [0.5, 0.6) is 0 Å². The van der Waals surface area contributed by atoms with Crippen LogP contribution in [-0.4, -0.2) is 82.7 Å². The van der Waals surface area contributed by atoms with E-state index in [-0.39, 0.29) is 27.7 Å². The molecule has 0 aliphatic carbocycles. The Morgan fingerprint density at radius 1 is 1.00 bits per heavy atom. The molecule has 0 heterocycles. The average molecular weight is 291 g/mol. The second-order valence-corrected chi connectivity index (χ2v) is 6.07. The van der Waals surface area contributed by atoms with Crippen molar-refractivity contribution in [2.45, 2.75) is 0 Å². The van der Waals surface area contributed by atoms with Crippen LogP contribution >= 0.6 is 21.1 Å². The molecule has 0 saturated heterocycles. The van der Waals surface area contributed by atoms with Crippen LogP contribution in [0.4, 0.5) is 0 Å². The van der Waals surface area contributed by atoms with Crippen LogP contribution < -0.4 is 0 Å². The first-order valence-corrected chi connectivity index (χ1v) is 6.02. The van der Waals surface area contributed by atoms with Gasteiger partial charge in [-0.25, -0.2) is 4.57 Å². The van der Waals surface area contributed by atoms with Crippen LogP contribution in [0, 0.1) is 0 Å². The SMILES string of the molecule is C[N+](C)(C)CCO.C[N+](C)(C)CCOP=O.Cl. The van der Waals surface area contributed by atoms with Gasteiger partial charge in [-0.2, -0.15) is 0 Å². The fraction of sp³-hybridized carbons (Fsp3) is 1.00. The molecule has 0 atom stereocenters. The number of nitrogens with zero attached hydrogens (tertiary/aromatic N) is 2. The van der Waals surface area contributed by atoms with Gasteiger partial charge >= 0.3 is 8.69 Å². The first-order chi connectivity index (χ1) is 7.12. The molecule has 0 saturated carbocycles. The van der Waals surface area contributed by atoms with Crippen LogP contribution in [0.15, 0.2) is 0 Å². The quantitative estimate of drug-likeness (QED) is 0.451. The normalized spacial score (nSPS) is 11.5. The molecule has 0 aromatic carbocycles. The molecule has 0 aliphatic heterocycles. The number of hydrogen-bond acceptors (Lipinski definition) is 3. The van der Waals surface area contributed by atoms with Gasteiger partial charge in [0.05, 0.1) is 48.9 Å². The highest BCUT2D eigenvalue weighted by molar-refractivity contribution is 7.17. The zero-order chi connectivity index (χ0) is 13.2. The molecular formula is C10H28ClN2O3P+2. The summed E-state index contributed by atoms with van der Waals surface area (Å²) in [5.41, 5.74) is 0. The predicted molar refractivity (Wildman–Crippen MR) is 73.7 cm³/mol. The standard InChI is InChI=1S/C5H13NO2P.C5H14NO.ClH/c1-6(2,3)4-5-8-9-7;1-6(2,3)4-5-7;/h4-5H2,1-3H3;7H,4-5H2,1-3H3;1H/q2*+1;.